The van der Waals surface area contributed by atoms with E-state index in [-0.39, 0.29) is 0 Å². The lowest BCUT2D eigenvalue weighted by molar-refractivity contribution is 0.795. The molecule has 3 N–H and O–H groups in total. The van der Waals surface area contributed by atoms with Gasteiger partial charge >= 0.3 is 0 Å². The molecule has 2 aromatic rings. The molecule has 0 aliphatic carbocycles. The maximum Gasteiger partial charge on any atom is 0.222 e. The Bertz CT molecular complexity index is 406. The van der Waals surface area contributed by atoms with Crippen LogP contribution in [-0.4, -0.2) is 29.9 Å². The number of hydrogen-bond donors (Lipinski definition) is 2. The van der Waals surface area contributed by atoms with E-state index < -0.39 is 0 Å². The van der Waals surface area contributed by atoms with Gasteiger partial charge in [0.15, 0.2) is 5.16 Å². The lowest BCUT2D eigenvalue weighted by atomic mass is 10.7. The fourth-order valence-corrected chi connectivity index (χ4v) is 1.68. The summed E-state index contributed by atoms with van der Waals surface area (Å²) in [6.45, 7) is 0. The van der Waals surface area contributed by atoms with Crippen molar-refractivity contribution in [1.29, 1.82) is 0 Å². The first-order valence-corrected chi connectivity index (χ1v) is 4.88. The van der Waals surface area contributed by atoms with Crippen LogP contribution in [0.1, 0.15) is 5.82 Å². The number of rotatable bonds is 3. The number of anilines is 1. The molecule has 7 nitrogen and oxygen atoms in total. The molecule has 0 amide bonds. The third-order valence-electron chi connectivity index (χ3n) is 1.67. The molecule has 0 radical (unpaired) electrons. The lowest BCUT2D eigenvalue weighted by Gasteiger charge is -1.98. The van der Waals surface area contributed by atoms with Crippen LogP contribution in [-0.2, 0) is 12.8 Å². The number of nitrogens with two attached hydrogens (primary N) is 1. The van der Waals surface area contributed by atoms with Crippen LogP contribution in [0.15, 0.2) is 11.5 Å². The van der Waals surface area contributed by atoms with Crippen molar-refractivity contribution in [2.24, 2.45) is 7.05 Å². The second-order valence-corrected chi connectivity index (χ2v) is 3.56. The summed E-state index contributed by atoms with van der Waals surface area (Å²) in [6, 6.07) is 0. The van der Waals surface area contributed by atoms with E-state index in [1.807, 2.05) is 7.05 Å². The van der Waals surface area contributed by atoms with Crippen molar-refractivity contribution in [2.45, 2.75) is 10.9 Å². The molecule has 0 aromatic carbocycles. The van der Waals surface area contributed by atoms with Gasteiger partial charge in [0.2, 0.25) is 5.95 Å². The van der Waals surface area contributed by atoms with Crippen LogP contribution >= 0.6 is 11.8 Å². The lowest BCUT2D eigenvalue weighted by Crippen LogP contribution is -1.98. The summed E-state index contributed by atoms with van der Waals surface area (Å²) >= 11 is 1.50. The summed E-state index contributed by atoms with van der Waals surface area (Å²) in [5, 5.41) is 14.9. The van der Waals surface area contributed by atoms with Gasteiger partial charge in [-0.3, -0.25) is 9.67 Å². The van der Waals surface area contributed by atoms with Crippen LogP contribution in [0.3, 0.4) is 0 Å². The largest absolute Gasteiger partial charge is 0.368 e. The second kappa shape index (κ2) is 3.66. The summed E-state index contributed by atoms with van der Waals surface area (Å²) in [7, 11) is 1.82. The topological polar surface area (TPSA) is 98.3 Å². The first-order chi connectivity index (χ1) is 6.77. The van der Waals surface area contributed by atoms with Crippen LogP contribution in [0.4, 0.5) is 5.95 Å². The molecule has 2 aromatic heterocycles. The molecule has 2 rings (SSSR count). The van der Waals surface area contributed by atoms with Gasteiger partial charge < -0.3 is 5.73 Å². The molecular formula is C6H9N7S. The Morgan fingerprint density at radius 1 is 1.57 bits per heavy atom. The van der Waals surface area contributed by atoms with Gasteiger partial charge in [-0.2, -0.15) is 5.10 Å². The average Bonchev–Trinajstić information content (AvgIpc) is 2.77. The molecule has 0 aliphatic rings. The minimum Gasteiger partial charge on any atom is -0.368 e. The minimum atomic E-state index is 0.407. The molecule has 8 heteroatoms. The number of nitrogen functional groups attached to an aromatic ring is 1. The third kappa shape index (κ3) is 1.69. The van der Waals surface area contributed by atoms with Crippen molar-refractivity contribution < 1.29 is 0 Å². The Balaban J connectivity index is 2.02. The fraction of sp³-hybridized carbons (Fsp3) is 0.333. The van der Waals surface area contributed by atoms with Crippen molar-refractivity contribution in [1.82, 2.24) is 29.9 Å². The van der Waals surface area contributed by atoms with Crippen LogP contribution in [0.2, 0.25) is 0 Å². The van der Waals surface area contributed by atoms with Crippen molar-refractivity contribution in [3.05, 3.63) is 12.2 Å². The van der Waals surface area contributed by atoms with Gasteiger partial charge in [0, 0.05) is 7.05 Å². The molecule has 0 aliphatic heterocycles. The highest BCUT2D eigenvalue weighted by Crippen LogP contribution is 2.19. The maximum absolute atomic E-state index is 5.53. The standard InChI is InChI=1S/C6H9N7S/c1-13-5(7)11-12-6(13)14-2-4-8-3-9-10-4/h3H,2H2,1H3,(H2,7,11)(H,8,9,10). The molecule has 0 fully saturated rings. The fourth-order valence-electron chi connectivity index (χ4n) is 0.885. The Morgan fingerprint density at radius 3 is 3.00 bits per heavy atom. The number of H-pyrrole nitrogens is 1. The zero-order chi connectivity index (χ0) is 9.97. The van der Waals surface area contributed by atoms with E-state index in [9.17, 15) is 0 Å². The number of nitrogens with zero attached hydrogens (tertiary/aromatic N) is 5. The molecule has 0 saturated carbocycles. The molecule has 0 saturated heterocycles. The Hall–Kier alpha value is -1.57. The summed E-state index contributed by atoms with van der Waals surface area (Å²) < 4.78 is 1.72. The van der Waals surface area contributed by atoms with Crippen molar-refractivity contribution in [3.8, 4) is 0 Å². The number of thioether (sulfide) groups is 1. The van der Waals surface area contributed by atoms with Gasteiger partial charge in [-0.15, -0.1) is 10.2 Å². The van der Waals surface area contributed by atoms with Crippen LogP contribution in [0.5, 0.6) is 0 Å². The first-order valence-electron chi connectivity index (χ1n) is 3.89. The van der Waals surface area contributed by atoms with E-state index in [0.717, 1.165) is 11.0 Å². The molecule has 2 heterocycles. The molecule has 0 unspecified atom stereocenters. The van der Waals surface area contributed by atoms with Crippen LogP contribution in [0.25, 0.3) is 0 Å². The predicted octanol–water partition coefficient (Wildman–Crippen LogP) is -0.192. The van der Waals surface area contributed by atoms with Gasteiger partial charge in [-0.05, 0) is 0 Å². The van der Waals surface area contributed by atoms with E-state index in [1.165, 1.54) is 18.1 Å². The zero-order valence-electron chi connectivity index (χ0n) is 7.51. The van der Waals surface area contributed by atoms with Gasteiger partial charge in [-0.1, -0.05) is 11.8 Å². The first kappa shape index (κ1) is 9.00. The number of nitrogens with one attached hydrogen (secondary N) is 1. The van der Waals surface area contributed by atoms with Gasteiger partial charge in [0.25, 0.3) is 0 Å². The van der Waals surface area contributed by atoms with E-state index >= 15 is 0 Å². The molecule has 14 heavy (non-hydrogen) atoms. The zero-order valence-corrected chi connectivity index (χ0v) is 8.32. The highest BCUT2D eigenvalue weighted by molar-refractivity contribution is 7.98. The van der Waals surface area contributed by atoms with Crippen molar-refractivity contribution in [2.75, 3.05) is 5.73 Å². The number of aromatic amines is 1. The molecule has 74 valence electrons. The van der Waals surface area contributed by atoms with E-state index in [2.05, 4.69) is 25.4 Å². The number of hydrogen-bond acceptors (Lipinski definition) is 6. The third-order valence-corrected chi connectivity index (χ3v) is 2.70. The second-order valence-electron chi connectivity index (χ2n) is 2.62. The Kier molecular flexibility index (Phi) is 2.35. The summed E-state index contributed by atoms with van der Waals surface area (Å²) in [4.78, 5) is 3.99. The highest BCUT2D eigenvalue weighted by atomic mass is 32.2. The number of aromatic nitrogens is 6. The Morgan fingerprint density at radius 2 is 2.43 bits per heavy atom. The van der Waals surface area contributed by atoms with Gasteiger partial charge in [-0.25, -0.2) is 4.98 Å². The highest BCUT2D eigenvalue weighted by Gasteiger charge is 2.06. The van der Waals surface area contributed by atoms with Gasteiger partial charge in [0.05, 0.1) is 5.75 Å². The SMILES string of the molecule is Cn1c(N)nnc1SCc1ncn[nH]1. The summed E-state index contributed by atoms with van der Waals surface area (Å²) in [6.07, 6.45) is 1.47. The summed E-state index contributed by atoms with van der Waals surface area (Å²) in [5.74, 6) is 1.88. The van der Waals surface area contributed by atoms with E-state index in [1.54, 1.807) is 4.57 Å². The smallest absolute Gasteiger partial charge is 0.222 e. The van der Waals surface area contributed by atoms with Crippen LogP contribution in [0, 0.1) is 0 Å². The summed E-state index contributed by atoms with van der Waals surface area (Å²) in [5.41, 5.74) is 5.53. The van der Waals surface area contributed by atoms with Gasteiger partial charge in [0.1, 0.15) is 12.2 Å². The quantitative estimate of drug-likeness (QED) is 0.683. The van der Waals surface area contributed by atoms with Crippen molar-refractivity contribution >= 4 is 17.7 Å². The normalized spacial score (nSPS) is 10.6. The monoisotopic (exact) mass is 211 g/mol. The Labute approximate surface area is 84.1 Å². The molecule has 0 bridgehead atoms. The molecular weight excluding hydrogens is 202 g/mol. The van der Waals surface area contributed by atoms with E-state index in [4.69, 9.17) is 5.73 Å². The molecule has 0 spiro atoms. The van der Waals surface area contributed by atoms with E-state index in [0.29, 0.717) is 11.7 Å². The average molecular weight is 211 g/mol. The maximum atomic E-state index is 5.53. The van der Waals surface area contributed by atoms with Crippen LogP contribution < -0.4 is 5.73 Å². The van der Waals surface area contributed by atoms with Crippen molar-refractivity contribution in [3.63, 3.8) is 0 Å². The molecule has 0 atom stereocenters. The minimum absolute atomic E-state index is 0.407. The predicted molar refractivity (Wildman–Crippen MR) is 51.4 cm³/mol.